The highest BCUT2D eigenvalue weighted by Crippen LogP contribution is 2.36. The molecule has 120 valence electrons. The molecule has 21 heavy (non-hydrogen) atoms. The maximum absolute atomic E-state index is 13.0. The predicted molar refractivity (Wildman–Crippen MR) is 89.6 cm³/mol. The van der Waals surface area contributed by atoms with Crippen LogP contribution in [0.4, 0.5) is 0 Å². The second-order valence-electron chi connectivity index (χ2n) is 6.39. The van der Waals surface area contributed by atoms with Crippen molar-refractivity contribution >= 4 is 21.2 Å². The molecule has 0 saturated heterocycles. The van der Waals surface area contributed by atoms with Crippen molar-refractivity contribution in [2.45, 2.75) is 62.0 Å². The smallest absolute Gasteiger partial charge is 0.192 e. The minimum atomic E-state index is -3.21. The summed E-state index contributed by atoms with van der Waals surface area (Å²) < 4.78 is 26.4. The molecule has 1 aromatic heterocycles. The summed E-state index contributed by atoms with van der Waals surface area (Å²) in [5.74, 6) is 1.07. The molecular weight excluding hydrogens is 302 g/mol. The van der Waals surface area contributed by atoms with E-state index in [1.807, 2.05) is 11.4 Å². The molecule has 0 radical (unpaired) electrons. The summed E-state index contributed by atoms with van der Waals surface area (Å²) in [6.07, 6.45) is 3.93. The fraction of sp³-hybridized carbons (Fsp3) is 0.750. The van der Waals surface area contributed by atoms with Crippen molar-refractivity contribution < 1.29 is 8.42 Å². The Kier molecular flexibility index (Phi) is 5.86. The molecule has 3 atom stereocenters. The molecule has 3 unspecified atom stereocenters. The molecule has 1 aliphatic carbocycles. The lowest BCUT2D eigenvalue weighted by atomic mass is 9.79. The maximum atomic E-state index is 13.0. The van der Waals surface area contributed by atoms with Crippen molar-refractivity contribution in [1.82, 2.24) is 5.32 Å². The van der Waals surface area contributed by atoms with Crippen molar-refractivity contribution in [3.8, 4) is 0 Å². The highest BCUT2D eigenvalue weighted by atomic mass is 32.2. The average Bonchev–Trinajstić information content (AvgIpc) is 2.99. The monoisotopic (exact) mass is 329 g/mol. The van der Waals surface area contributed by atoms with E-state index in [1.54, 1.807) is 6.07 Å². The summed E-state index contributed by atoms with van der Waals surface area (Å²) >= 11 is 1.34. The topological polar surface area (TPSA) is 46.2 Å². The van der Waals surface area contributed by atoms with Gasteiger partial charge >= 0.3 is 0 Å². The van der Waals surface area contributed by atoms with E-state index in [4.69, 9.17) is 0 Å². The van der Waals surface area contributed by atoms with E-state index in [-0.39, 0.29) is 11.3 Å². The van der Waals surface area contributed by atoms with Crippen molar-refractivity contribution in [3.63, 3.8) is 0 Å². The molecule has 0 spiro atoms. The molecule has 1 heterocycles. The van der Waals surface area contributed by atoms with E-state index in [0.717, 1.165) is 32.2 Å². The van der Waals surface area contributed by atoms with Crippen molar-refractivity contribution in [1.29, 1.82) is 0 Å². The van der Waals surface area contributed by atoms with Gasteiger partial charge in [-0.3, -0.25) is 0 Å². The van der Waals surface area contributed by atoms with Crippen LogP contribution in [0.15, 0.2) is 21.7 Å². The van der Waals surface area contributed by atoms with Gasteiger partial charge in [0, 0.05) is 6.04 Å². The first kappa shape index (κ1) is 17.0. The second kappa shape index (κ2) is 7.25. The van der Waals surface area contributed by atoms with Crippen LogP contribution in [0.5, 0.6) is 0 Å². The number of rotatable bonds is 6. The van der Waals surface area contributed by atoms with E-state index in [9.17, 15) is 8.42 Å². The van der Waals surface area contributed by atoms with E-state index < -0.39 is 9.84 Å². The molecule has 0 aliphatic heterocycles. The standard InChI is InChI=1S/C16H27NO2S2/c1-4-9-17-14-8-7-13(12(2)3)11-15(14)21(18,19)16-6-5-10-20-16/h5-6,10,12-15,17H,4,7-9,11H2,1-3H3. The molecule has 1 aliphatic rings. The zero-order valence-electron chi connectivity index (χ0n) is 13.2. The van der Waals surface area contributed by atoms with Crippen LogP contribution in [0.1, 0.15) is 46.5 Å². The summed E-state index contributed by atoms with van der Waals surface area (Å²) in [5.41, 5.74) is 0. The lowest BCUT2D eigenvalue weighted by Gasteiger charge is -2.37. The quantitative estimate of drug-likeness (QED) is 0.865. The Hall–Kier alpha value is -0.390. The summed E-state index contributed by atoms with van der Waals surface area (Å²) in [4.78, 5) is 0. The SMILES string of the molecule is CCCNC1CCC(C(C)C)CC1S(=O)(=O)c1cccs1. The molecule has 1 fully saturated rings. The molecule has 1 N–H and O–H groups in total. The summed E-state index contributed by atoms with van der Waals surface area (Å²) in [7, 11) is -3.21. The predicted octanol–water partition coefficient (Wildman–Crippen LogP) is 3.71. The van der Waals surface area contributed by atoms with Gasteiger partial charge in [0.15, 0.2) is 9.84 Å². The third-order valence-electron chi connectivity index (χ3n) is 4.61. The third-order valence-corrected chi connectivity index (χ3v) is 8.27. The largest absolute Gasteiger partial charge is 0.313 e. The van der Waals surface area contributed by atoms with E-state index in [2.05, 4.69) is 26.1 Å². The second-order valence-corrected chi connectivity index (χ2v) is 9.73. The van der Waals surface area contributed by atoms with Gasteiger partial charge in [0.2, 0.25) is 0 Å². The highest BCUT2D eigenvalue weighted by Gasteiger charge is 2.40. The molecule has 1 aromatic rings. The molecule has 5 heteroatoms. The zero-order chi connectivity index (χ0) is 15.5. The van der Waals surface area contributed by atoms with Gasteiger partial charge in [0.25, 0.3) is 0 Å². The normalized spacial score (nSPS) is 27.1. The van der Waals surface area contributed by atoms with Crippen LogP contribution < -0.4 is 5.32 Å². The van der Waals surface area contributed by atoms with Gasteiger partial charge in [0.1, 0.15) is 4.21 Å². The van der Waals surface area contributed by atoms with Crippen LogP contribution in [-0.4, -0.2) is 26.3 Å². The Bertz CT molecular complexity index is 522. The van der Waals surface area contributed by atoms with Crippen LogP contribution in [0, 0.1) is 11.8 Å². The first-order valence-electron chi connectivity index (χ1n) is 7.97. The molecule has 2 rings (SSSR count). The van der Waals surface area contributed by atoms with E-state index in [0.29, 0.717) is 16.0 Å². The zero-order valence-corrected chi connectivity index (χ0v) is 14.8. The van der Waals surface area contributed by atoms with E-state index in [1.165, 1.54) is 11.3 Å². The Morgan fingerprint density at radius 3 is 2.71 bits per heavy atom. The molecule has 0 aromatic carbocycles. The van der Waals surface area contributed by atoms with Gasteiger partial charge in [-0.15, -0.1) is 11.3 Å². The first-order chi connectivity index (χ1) is 9.96. The number of nitrogens with one attached hydrogen (secondary N) is 1. The van der Waals surface area contributed by atoms with Gasteiger partial charge < -0.3 is 5.32 Å². The Labute approximate surface area is 133 Å². The van der Waals surface area contributed by atoms with Crippen LogP contribution in [0.3, 0.4) is 0 Å². The highest BCUT2D eigenvalue weighted by molar-refractivity contribution is 7.94. The fourth-order valence-corrected chi connectivity index (χ4v) is 6.50. The van der Waals surface area contributed by atoms with Gasteiger partial charge in [-0.25, -0.2) is 8.42 Å². The average molecular weight is 330 g/mol. The Morgan fingerprint density at radius 1 is 1.38 bits per heavy atom. The van der Waals surface area contributed by atoms with Gasteiger partial charge in [-0.05, 0) is 55.5 Å². The van der Waals surface area contributed by atoms with Gasteiger partial charge in [-0.1, -0.05) is 26.8 Å². The third kappa shape index (κ3) is 3.88. The Morgan fingerprint density at radius 2 is 2.14 bits per heavy atom. The van der Waals surface area contributed by atoms with Crippen LogP contribution in [-0.2, 0) is 9.84 Å². The minimum absolute atomic E-state index is 0.104. The molecule has 0 bridgehead atoms. The maximum Gasteiger partial charge on any atom is 0.192 e. The molecule has 3 nitrogen and oxygen atoms in total. The fourth-order valence-electron chi connectivity index (χ4n) is 3.25. The lowest BCUT2D eigenvalue weighted by Crippen LogP contribution is -2.48. The van der Waals surface area contributed by atoms with Crippen LogP contribution >= 0.6 is 11.3 Å². The molecule has 0 amide bonds. The minimum Gasteiger partial charge on any atom is -0.313 e. The number of hydrogen-bond acceptors (Lipinski definition) is 4. The van der Waals surface area contributed by atoms with Gasteiger partial charge in [0.05, 0.1) is 5.25 Å². The van der Waals surface area contributed by atoms with Crippen molar-refractivity contribution in [2.75, 3.05) is 6.54 Å². The van der Waals surface area contributed by atoms with E-state index >= 15 is 0 Å². The van der Waals surface area contributed by atoms with Gasteiger partial charge in [-0.2, -0.15) is 0 Å². The molecular formula is C16H27NO2S2. The lowest BCUT2D eigenvalue weighted by molar-refractivity contribution is 0.241. The number of sulfone groups is 1. The van der Waals surface area contributed by atoms with Crippen molar-refractivity contribution in [3.05, 3.63) is 17.5 Å². The Balaban J connectivity index is 2.24. The van der Waals surface area contributed by atoms with Crippen molar-refractivity contribution in [2.24, 2.45) is 11.8 Å². The number of thiophene rings is 1. The van der Waals surface area contributed by atoms with Crippen LogP contribution in [0.25, 0.3) is 0 Å². The summed E-state index contributed by atoms with van der Waals surface area (Å²) in [6, 6.07) is 3.68. The number of hydrogen-bond donors (Lipinski definition) is 1. The first-order valence-corrected chi connectivity index (χ1v) is 10.4. The summed E-state index contributed by atoms with van der Waals surface area (Å²) in [5, 5.41) is 5.05. The van der Waals surface area contributed by atoms with Crippen LogP contribution in [0.2, 0.25) is 0 Å². The summed E-state index contributed by atoms with van der Waals surface area (Å²) in [6.45, 7) is 7.43. The molecule has 1 saturated carbocycles.